The summed E-state index contributed by atoms with van der Waals surface area (Å²) in [6, 6.07) is 0. The number of piperidine rings is 1. The average molecular weight is 301 g/mol. The van der Waals surface area contributed by atoms with Gasteiger partial charge in [-0.1, -0.05) is 0 Å². The molecule has 0 saturated carbocycles. The Labute approximate surface area is 129 Å². The number of aromatic nitrogens is 2. The first-order chi connectivity index (χ1) is 10.7. The maximum absolute atomic E-state index is 12.4. The Kier molecular flexibility index (Phi) is 4.18. The first kappa shape index (κ1) is 14.7. The molecule has 1 fully saturated rings. The molecule has 1 aromatic rings. The summed E-state index contributed by atoms with van der Waals surface area (Å²) in [4.78, 5) is 14.3. The van der Waals surface area contributed by atoms with Crippen LogP contribution >= 0.6 is 0 Å². The average Bonchev–Trinajstić information content (AvgIpc) is 3.10. The van der Waals surface area contributed by atoms with Crippen LogP contribution in [0.4, 0.5) is 0 Å². The lowest BCUT2D eigenvalue weighted by atomic mass is 9.96. The van der Waals surface area contributed by atoms with Crippen LogP contribution in [0.2, 0.25) is 0 Å². The lowest BCUT2D eigenvalue weighted by molar-refractivity contribution is -0.132. The van der Waals surface area contributed by atoms with Crippen LogP contribution < -0.4 is 0 Å². The Morgan fingerprint density at radius 1 is 1.50 bits per heavy atom. The maximum Gasteiger partial charge on any atom is 0.222 e. The van der Waals surface area contributed by atoms with Crippen molar-refractivity contribution in [2.45, 2.75) is 50.1 Å². The lowest BCUT2D eigenvalue weighted by Gasteiger charge is -2.31. The van der Waals surface area contributed by atoms with E-state index in [-0.39, 0.29) is 17.5 Å². The van der Waals surface area contributed by atoms with Gasteiger partial charge in [-0.15, -0.1) is 22.5 Å². The van der Waals surface area contributed by atoms with Gasteiger partial charge in [0.2, 0.25) is 18.2 Å². The van der Waals surface area contributed by atoms with E-state index in [2.05, 4.69) is 26.3 Å². The molecule has 3 heterocycles. The molecule has 22 heavy (non-hydrogen) atoms. The summed E-state index contributed by atoms with van der Waals surface area (Å²) in [7, 11) is 0. The molecule has 2 aliphatic heterocycles. The third kappa shape index (κ3) is 3.32. The number of nitrogens with zero attached hydrogens (tertiary/aromatic N) is 5. The zero-order valence-corrected chi connectivity index (χ0v) is 12.4. The zero-order chi connectivity index (χ0) is 15.4. The van der Waals surface area contributed by atoms with Crippen LogP contribution in [0.15, 0.2) is 21.0 Å². The van der Waals surface area contributed by atoms with Gasteiger partial charge in [0.15, 0.2) is 5.66 Å². The Bertz CT molecular complexity index is 584. The molecule has 0 spiro atoms. The van der Waals surface area contributed by atoms with Crippen LogP contribution in [0.25, 0.3) is 0 Å². The van der Waals surface area contributed by atoms with E-state index in [4.69, 9.17) is 10.8 Å². The molecule has 0 N–H and O–H groups in total. The Balaban J connectivity index is 1.49. The van der Waals surface area contributed by atoms with Gasteiger partial charge in [0, 0.05) is 38.8 Å². The zero-order valence-electron chi connectivity index (χ0n) is 12.4. The number of likely N-dealkylation sites (tertiary alicyclic amines) is 1. The van der Waals surface area contributed by atoms with Gasteiger partial charge in [-0.25, -0.2) is 0 Å². The molecule has 7 nitrogen and oxygen atoms in total. The molecule has 7 heteroatoms. The van der Waals surface area contributed by atoms with E-state index in [0.717, 1.165) is 25.8 Å². The Hall–Kier alpha value is -2.23. The van der Waals surface area contributed by atoms with Gasteiger partial charge in [0.1, 0.15) is 0 Å². The smallest absolute Gasteiger partial charge is 0.222 e. The second-order valence-electron chi connectivity index (χ2n) is 5.84. The van der Waals surface area contributed by atoms with Gasteiger partial charge in [-0.3, -0.25) is 4.79 Å². The molecule has 1 atom stereocenters. The van der Waals surface area contributed by atoms with E-state index in [9.17, 15) is 4.79 Å². The van der Waals surface area contributed by atoms with Crippen molar-refractivity contribution in [2.75, 3.05) is 13.1 Å². The summed E-state index contributed by atoms with van der Waals surface area (Å²) in [5.74, 6) is 3.50. The second-order valence-corrected chi connectivity index (χ2v) is 5.84. The third-order valence-electron chi connectivity index (χ3n) is 4.29. The minimum atomic E-state index is -0.385. The minimum Gasteiger partial charge on any atom is -0.428 e. The molecule has 2 aliphatic rings. The highest BCUT2D eigenvalue weighted by molar-refractivity contribution is 5.76. The normalized spacial score (nSPS) is 22.3. The van der Waals surface area contributed by atoms with Crippen molar-refractivity contribution in [3.05, 3.63) is 12.3 Å². The van der Waals surface area contributed by atoms with Gasteiger partial charge >= 0.3 is 0 Å². The van der Waals surface area contributed by atoms with E-state index in [1.54, 1.807) is 0 Å². The number of hydrogen-bond acceptors (Lipinski definition) is 6. The van der Waals surface area contributed by atoms with Crippen molar-refractivity contribution in [1.29, 1.82) is 0 Å². The fourth-order valence-corrected chi connectivity index (χ4v) is 2.90. The van der Waals surface area contributed by atoms with Gasteiger partial charge in [0.25, 0.3) is 0 Å². The summed E-state index contributed by atoms with van der Waals surface area (Å²) >= 11 is 0. The van der Waals surface area contributed by atoms with E-state index in [1.165, 1.54) is 6.39 Å². The van der Waals surface area contributed by atoms with Crippen molar-refractivity contribution in [3.8, 4) is 12.3 Å². The highest BCUT2D eigenvalue weighted by Crippen LogP contribution is 2.38. The van der Waals surface area contributed by atoms with Gasteiger partial charge < -0.3 is 9.32 Å². The predicted molar refractivity (Wildman–Crippen MR) is 77.7 cm³/mol. The van der Waals surface area contributed by atoms with Crippen LogP contribution in [-0.2, 0) is 4.79 Å². The second kappa shape index (κ2) is 6.26. The van der Waals surface area contributed by atoms with E-state index < -0.39 is 0 Å². The van der Waals surface area contributed by atoms with Gasteiger partial charge in [0.05, 0.1) is 5.92 Å². The summed E-state index contributed by atoms with van der Waals surface area (Å²) in [5, 5.41) is 15.8. The summed E-state index contributed by atoms with van der Waals surface area (Å²) in [6.07, 6.45) is 11.0. The molecule has 1 saturated heterocycles. The van der Waals surface area contributed by atoms with E-state index in [1.807, 2.05) is 4.90 Å². The maximum atomic E-state index is 12.4. The van der Waals surface area contributed by atoms with Crippen molar-refractivity contribution < 1.29 is 9.21 Å². The minimum absolute atomic E-state index is 0.140. The van der Waals surface area contributed by atoms with Crippen LogP contribution in [-0.4, -0.2) is 39.8 Å². The molecule has 0 aromatic carbocycles. The van der Waals surface area contributed by atoms with Crippen LogP contribution in [0, 0.1) is 12.3 Å². The van der Waals surface area contributed by atoms with Crippen LogP contribution in [0.1, 0.15) is 50.3 Å². The summed E-state index contributed by atoms with van der Waals surface area (Å²) in [6.45, 7) is 1.43. The standard InChI is InChI=1S/C15H19N5O2/c1-2-3-7-15(18-19-15)8-6-13(21)20-9-4-5-12(10-20)14-17-16-11-22-14/h1,11-12H,3-10H2. The molecule has 0 bridgehead atoms. The molecular formula is C15H19N5O2. The molecule has 1 amide bonds. The molecule has 116 valence electrons. The topological polar surface area (TPSA) is 84.0 Å². The largest absolute Gasteiger partial charge is 0.428 e. The highest BCUT2D eigenvalue weighted by Gasteiger charge is 2.40. The van der Waals surface area contributed by atoms with Crippen molar-refractivity contribution in [3.63, 3.8) is 0 Å². The Morgan fingerprint density at radius 3 is 3.05 bits per heavy atom. The number of carbonyl (C=O) groups is 1. The van der Waals surface area contributed by atoms with Crippen molar-refractivity contribution >= 4 is 5.91 Å². The molecular weight excluding hydrogens is 282 g/mol. The lowest BCUT2D eigenvalue weighted by Crippen LogP contribution is -2.39. The molecule has 1 unspecified atom stereocenters. The molecule has 3 rings (SSSR count). The highest BCUT2D eigenvalue weighted by atomic mass is 16.4. The Morgan fingerprint density at radius 2 is 2.36 bits per heavy atom. The van der Waals surface area contributed by atoms with Gasteiger partial charge in [-0.2, -0.15) is 10.2 Å². The number of carbonyl (C=O) groups excluding carboxylic acids is 1. The number of hydrogen-bond donors (Lipinski definition) is 0. The fraction of sp³-hybridized carbons (Fsp3) is 0.667. The number of terminal acetylenes is 1. The third-order valence-corrected chi connectivity index (χ3v) is 4.29. The van der Waals surface area contributed by atoms with Crippen molar-refractivity contribution in [1.82, 2.24) is 15.1 Å². The predicted octanol–water partition coefficient (Wildman–Crippen LogP) is 2.13. The number of rotatable bonds is 6. The summed E-state index contributed by atoms with van der Waals surface area (Å²) in [5.41, 5.74) is -0.385. The van der Waals surface area contributed by atoms with Crippen molar-refractivity contribution in [2.24, 2.45) is 10.2 Å². The van der Waals surface area contributed by atoms with E-state index >= 15 is 0 Å². The molecule has 1 aromatic heterocycles. The van der Waals surface area contributed by atoms with Crippen LogP contribution in [0.5, 0.6) is 0 Å². The summed E-state index contributed by atoms with van der Waals surface area (Å²) < 4.78 is 5.26. The van der Waals surface area contributed by atoms with E-state index in [0.29, 0.717) is 31.7 Å². The number of amides is 1. The monoisotopic (exact) mass is 301 g/mol. The molecule has 0 aliphatic carbocycles. The quantitative estimate of drug-likeness (QED) is 0.753. The SMILES string of the molecule is C#CCCC1(CCC(=O)N2CCCC(c3nnco3)C2)N=N1. The van der Waals surface area contributed by atoms with Crippen LogP contribution in [0.3, 0.4) is 0 Å². The first-order valence-electron chi connectivity index (χ1n) is 7.64. The molecule has 0 radical (unpaired) electrons. The van der Waals surface area contributed by atoms with Gasteiger partial charge in [-0.05, 0) is 12.8 Å². The fourth-order valence-electron chi connectivity index (χ4n) is 2.90. The first-order valence-corrected chi connectivity index (χ1v) is 7.64.